The maximum Gasteiger partial charge on any atom is 0.408 e. The Kier molecular flexibility index (Phi) is 8.73. The molecule has 2 aromatic rings. The first kappa shape index (κ1) is 27.1. The maximum atomic E-state index is 13.4. The number of anilines is 1. The quantitative estimate of drug-likeness (QED) is 0.410. The predicted octanol–water partition coefficient (Wildman–Crippen LogP) is 3.72. The summed E-state index contributed by atoms with van der Waals surface area (Å²) < 4.78 is 10.3. The van der Waals surface area contributed by atoms with Gasteiger partial charge in [0.1, 0.15) is 29.2 Å². The van der Waals surface area contributed by atoms with Crippen molar-refractivity contribution in [3.63, 3.8) is 0 Å². The summed E-state index contributed by atoms with van der Waals surface area (Å²) in [5.74, 6) is -0.646. The van der Waals surface area contributed by atoms with Crippen LogP contribution in [0.3, 0.4) is 0 Å². The highest BCUT2D eigenvalue weighted by atomic mass is 16.6. The largest absolute Gasteiger partial charge is 0.508 e. The number of phenolic OH excluding ortho intramolecular Hbond substituents is 1. The molecule has 3 N–H and O–H groups in total. The fourth-order valence-corrected chi connectivity index (χ4v) is 3.17. The van der Waals surface area contributed by atoms with Crippen molar-refractivity contribution in [2.75, 3.05) is 12.4 Å². The van der Waals surface area contributed by atoms with E-state index < -0.39 is 35.6 Å². The van der Waals surface area contributed by atoms with E-state index in [1.807, 2.05) is 0 Å². The number of carbonyl (C=O) groups is 3. The first-order chi connectivity index (χ1) is 16.4. The van der Waals surface area contributed by atoms with Gasteiger partial charge in [0.05, 0.1) is 7.11 Å². The van der Waals surface area contributed by atoms with Crippen molar-refractivity contribution in [1.29, 1.82) is 0 Å². The zero-order valence-corrected chi connectivity index (χ0v) is 20.7. The molecule has 2 unspecified atom stereocenters. The van der Waals surface area contributed by atoms with Gasteiger partial charge in [-0.1, -0.05) is 12.5 Å². The van der Waals surface area contributed by atoms with Gasteiger partial charge >= 0.3 is 6.09 Å². The molecule has 2 rings (SSSR count). The van der Waals surface area contributed by atoms with Crippen molar-refractivity contribution in [3.05, 3.63) is 53.6 Å². The van der Waals surface area contributed by atoms with Gasteiger partial charge in [0.15, 0.2) is 0 Å². The van der Waals surface area contributed by atoms with E-state index in [0.29, 0.717) is 22.6 Å². The molecule has 0 aliphatic heterocycles. The number of hydrogen-bond donors (Lipinski definition) is 3. The average molecular weight is 482 g/mol. The number of aromatic hydroxyl groups is 1. The number of hydrogen-bond acceptors (Lipinski definition) is 6. The van der Waals surface area contributed by atoms with E-state index in [1.165, 1.54) is 26.2 Å². The minimum Gasteiger partial charge on any atom is -0.508 e. The van der Waals surface area contributed by atoms with Crippen molar-refractivity contribution in [3.8, 4) is 24.0 Å². The first-order valence-electron chi connectivity index (χ1n) is 10.9. The lowest BCUT2D eigenvalue weighted by molar-refractivity contribution is -0.136. The molecular weight excluding hydrogens is 450 g/mol. The Hall–Kier alpha value is -4.19. The van der Waals surface area contributed by atoms with Gasteiger partial charge in [-0.05, 0) is 82.1 Å². The Labute approximate surface area is 205 Å². The van der Waals surface area contributed by atoms with Gasteiger partial charge in [-0.2, -0.15) is 0 Å². The predicted molar refractivity (Wildman–Crippen MR) is 132 cm³/mol. The zero-order valence-electron chi connectivity index (χ0n) is 20.7. The number of nitrogens with one attached hydrogen (secondary N) is 2. The van der Waals surface area contributed by atoms with E-state index >= 15 is 0 Å². The molecule has 0 aliphatic carbocycles. The minimum absolute atomic E-state index is 0.0293. The number of terminal acetylenes is 1. The van der Waals surface area contributed by atoms with Gasteiger partial charge in [-0.3, -0.25) is 14.5 Å². The molecule has 9 nitrogen and oxygen atoms in total. The fraction of sp³-hybridized carbons (Fsp3) is 0.346. The fourth-order valence-electron chi connectivity index (χ4n) is 3.17. The third-order valence-corrected chi connectivity index (χ3v) is 4.88. The van der Waals surface area contributed by atoms with Gasteiger partial charge in [-0.15, -0.1) is 0 Å². The molecule has 0 spiro atoms. The smallest absolute Gasteiger partial charge is 0.408 e. The molecule has 0 bridgehead atoms. The van der Waals surface area contributed by atoms with E-state index in [-0.39, 0.29) is 5.75 Å². The van der Waals surface area contributed by atoms with E-state index in [2.05, 4.69) is 16.7 Å². The van der Waals surface area contributed by atoms with E-state index in [0.717, 1.165) is 4.90 Å². The molecule has 0 aromatic heterocycles. The highest BCUT2D eigenvalue weighted by Crippen LogP contribution is 2.28. The molecule has 3 amide bonds. The number of aryl methyl sites for hydroxylation is 1. The molecule has 0 saturated carbocycles. The lowest BCUT2D eigenvalue weighted by atomic mass is 10.0. The van der Waals surface area contributed by atoms with E-state index in [9.17, 15) is 19.5 Å². The van der Waals surface area contributed by atoms with Gasteiger partial charge < -0.3 is 25.2 Å². The van der Waals surface area contributed by atoms with Crippen molar-refractivity contribution in [2.24, 2.45) is 0 Å². The monoisotopic (exact) mass is 481 g/mol. The van der Waals surface area contributed by atoms with Crippen LogP contribution in [0.1, 0.15) is 44.9 Å². The van der Waals surface area contributed by atoms with Crippen LogP contribution in [0, 0.1) is 19.4 Å². The summed E-state index contributed by atoms with van der Waals surface area (Å²) in [5.41, 5.74) is 0.569. The molecule has 0 saturated heterocycles. The second-order valence-electron chi connectivity index (χ2n) is 8.87. The van der Waals surface area contributed by atoms with Crippen molar-refractivity contribution in [1.82, 2.24) is 10.2 Å². The molecule has 0 fully saturated rings. The highest BCUT2D eigenvalue weighted by Gasteiger charge is 2.34. The Morgan fingerprint density at radius 2 is 1.74 bits per heavy atom. The number of rotatable bonds is 7. The maximum absolute atomic E-state index is 13.4. The standard InChI is InChI=1S/C26H31N3O6/c1-8-29(24(32)17(3)27-25(33)35-26(4,5)6)22(18-9-14-21(30)16(2)15-18)23(31)28-19-10-12-20(34-7)13-11-19/h1,9-15,17,22,30H,2-7H3,(H,27,33)(H,28,31). The number of nitrogens with zero attached hydrogens (tertiary/aromatic N) is 1. The summed E-state index contributed by atoms with van der Waals surface area (Å²) in [6, 6.07) is 11.0. The summed E-state index contributed by atoms with van der Waals surface area (Å²) in [6.07, 6.45) is 4.89. The Morgan fingerprint density at radius 1 is 1.11 bits per heavy atom. The molecule has 2 aromatic carbocycles. The van der Waals surface area contributed by atoms with Crippen LogP contribution in [0.25, 0.3) is 0 Å². The van der Waals surface area contributed by atoms with Crippen molar-refractivity contribution >= 4 is 23.6 Å². The first-order valence-corrected chi connectivity index (χ1v) is 10.9. The third-order valence-electron chi connectivity index (χ3n) is 4.88. The lowest BCUT2D eigenvalue weighted by Gasteiger charge is -2.29. The number of alkyl carbamates (subject to hydrolysis) is 1. The van der Waals surface area contributed by atoms with Gasteiger partial charge in [-0.25, -0.2) is 4.79 Å². The number of benzene rings is 2. The van der Waals surface area contributed by atoms with Crippen molar-refractivity contribution < 1.29 is 29.0 Å². The van der Waals surface area contributed by atoms with Gasteiger partial charge in [0.2, 0.25) is 0 Å². The SMILES string of the molecule is C#CN(C(=O)C(C)NC(=O)OC(C)(C)C)C(C(=O)Nc1ccc(OC)cc1)c1ccc(O)c(C)c1. The molecule has 186 valence electrons. The Balaban J connectivity index is 2.38. The van der Waals surface area contributed by atoms with Crippen molar-refractivity contribution in [2.45, 2.75) is 52.3 Å². The highest BCUT2D eigenvalue weighted by molar-refractivity contribution is 5.99. The summed E-state index contributed by atoms with van der Waals surface area (Å²) >= 11 is 0. The average Bonchev–Trinajstić information content (AvgIpc) is 2.78. The summed E-state index contributed by atoms with van der Waals surface area (Å²) in [7, 11) is 1.53. The van der Waals surface area contributed by atoms with Crippen LogP contribution in [-0.4, -0.2) is 46.7 Å². The van der Waals surface area contributed by atoms with Crippen LogP contribution >= 0.6 is 0 Å². The van der Waals surface area contributed by atoms with E-state index in [4.69, 9.17) is 15.9 Å². The molecule has 9 heteroatoms. The molecule has 35 heavy (non-hydrogen) atoms. The number of amides is 3. The molecule has 0 aliphatic rings. The normalized spacial score (nSPS) is 12.5. The Bertz CT molecular complexity index is 1120. The van der Waals surface area contributed by atoms with Crippen LogP contribution in [0.15, 0.2) is 42.5 Å². The molecular formula is C26H31N3O6. The van der Waals surface area contributed by atoms with Crippen LogP contribution in [0.2, 0.25) is 0 Å². The Morgan fingerprint density at radius 3 is 2.26 bits per heavy atom. The van der Waals surface area contributed by atoms with Crippen LogP contribution in [0.5, 0.6) is 11.5 Å². The lowest BCUT2D eigenvalue weighted by Crippen LogP contribution is -2.49. The number of phenols is 1. The topological polar surface area (TPSA) is 117 Å². The summed E-state index contributed by atoms with van der Waals surface area (Å²) in [6.45, 7) is 8.18. The summed E-state index contributed by atoms with van der Waals surface area (Å²) in [4.78, 5) is 39.7. The van der Waals surface area contributed by atoms with Gasteiger partial charge in [0.25, 0.3) is 11.8 Å². The van der Waals surface area contributed by atoms with Gasteiger partial charge in [0, 0.05) is 11.7 Å². The molecule has 2 atom stereocenters. The second-order valence-corrected chi connectivity index (χ2v) is 8.87. The minimum atomic E-state index is -1.25. The second kappa shape index (κ2) is 11.3. The summed E-state index contributed by atoms with van der Waals surface area (Å²) in [5, 5.41) is 15.1. The van der Waals surface area contributed by atoms with Crippen LogP contribution < -0.4 is 15.4 Å². The number of ether oxygens (including phenoxy) is 2. The number of carbonyl (C=O) groups excluding carboxylic acids is 3. The third kappa shape index (κ3) is 7.40. The molecule has 0 radical (unpaired) electrons. The zero-order chi connectivity index (χ0) is 26.3. The number of methoxy groups -OCH3 is 1. The molecule has 0 heterocycles. The van der Waals surface area contributed by atoms with Crippen LogP contribution in [0.4, 0.5) is 10.5 Å². The van der Waals surface area contributed by atoms with Crippen LogP contribution in [-0.2, 0) is 14.3 Å². The van der Waals surface area contributed by atoms with E-state index in [1.54, 1.807) is 58.0 Å².